The van der Waals surface area contributed by atoms with E-state index in [0.717, 1.165) is 21.9 Å². The molecular formula is C14H14INO3. The summed E-state index contributed by atoms with van der Waals surface area (Å²) < 4.78 is 7.71. The number of hydrogen-bond donors (Lipinski definition) is 0. The van der Waals surface area contributed by atoms with Gasteiger partial charge in [-0.15, -0.1) is 0 Å². The van der Waals surface area contributed by atoms with Crippen molar-refractivity contribution in [3.05, 3.63) is 36.0 Å². The Balaban J connectivity index is 2.48. The Bertz CT molecular complexity index is 618. The van der Waals surface area contributed by atoms with Gasteiger partial charge in [-0.3, -0.25) is 4.79 Å². The number of para-hydroxylation sites is 1. The van der Waals surface area contributed by atoms with Crippen molar-refractivity contribution in [1.29, 1.82) is 0 Å². The maximum Gasteiger partial charge on any atom is 0.379 e. The van der Waals surface area contributed by atoms with E-state index in [1.807, 2.05) is 28.8 Å². The zero-order valence-electron chi connectivity index (χ0n) is 10.6. The molecular weight excluding hydrogens is 357 g/mol. The van der Waals surface area contributed by atoms with Gasteiger partial charge in [0.05, 0.1) is 12.2 Å². The van der Waals surface area contributed by atoms with Gasteiger partial charge < -0.3 is 9.30 Å². The van der Waals surface area contributed by atoms with Crippen LogP contribution in [0.2, 0.25) is 0 Å². The predicted octanol–water partition coefficient (Wildman–Crippen LogP) is 2.82. The van der Waals surface area contributed by atoms with Crippen LogP contribution >= 0.6 is 22.6 Å². The maximum absolute atomic E-state index is 12.1. The second-order valence-corrected chi connectivity index (χ2v) is 5.07. The van der Waals surface area contributed by atoms with Gasteiger partial charge in [-0.05, 0) is 13.0 Å². The molecule has 0 bridgehead atoms. The molecule has 5 heteroatoms. The van der Waals surface area contributed by atoms with E-state index in [4.69, 9.17) is 4.74 Å². The number of fused-ring (bicyclic) bond motifs is 1. The second kappa shape index (κ2) is 6.18. The van der Waals surface area contributed by atoms with Crippen LogP contribution in [0.3, 0.4) is 0 Å². The summed E-state index contributed by atoms with van der Waals surface area (Å²) in [4.78, 5) is 23.6. The molecule has 0 fully saturated rings. The fourth-order valence-electron chi connectivity index (χ4n) is 2.01. The summed E-state index contributed by atoms with van der Waals surface area (Å²) in [5.41, 5.74) is 1.38. The molecule has 0 saturated carbocycles. The number of Topliss-reactive ketones (excluding diaryl/α,β-unsaturated/α-hetero) is 1. The minimum absolute atomic E-state index is 0.205. The molecule has 2 rings (SSSR count). The van der Waals surface area contributed by atoms with Crippen LogP contribution < -0.4 is 0 Å². The van der Waals surface area contributed by atoms with Crippen molar-refractivity contribution in [3.8, 4) is 0 Å². The number of carbonyl (C=O) groups excluding carboxylic acids is 2. The smallest absolute Gasteiger partial charge is 0.379 e. The fourth-order valence-corrected chi connectivity index (χ4v) is 2.53. The van der Waals surface area contributed by atoms with Gasteiger partial charge in [-0.25, -0.2) is 4.79 Å². The highest BCUT2D eigenvalue weighted by atomic mass is 127. The highest BCUT2D eigenvalue weighted by molar-refractivity contribution is 14.1. The molecule has 0 spiro atoms. The van der Waals surface area contributed by atoms with Gasteiger partial charge in [0.2, 0.25) is 0 Å². The minimum Gasteiger partial charge on any atom is -0.460 e. The van der Waals surface area contributed by atoms with E-state index in [2.05, 4.69) is 22.6 Å². The van der Waals surface area contributed by atoms with Crippen molar-refractivity contribution in [2.75, 3.05) is 11.0 Å². The fraction of sp³-hybridized carbons (Fsp3) is 0.286. The van der Waals surface area contributed by atoms with E-state index >= 15 is 0 Å². The molecule has 0 N–H and O–H groups in total. The Morgan fingerprint density at radius 3 is 2.74 bits per heavy atom. The lowest BCUT2D eigenvalue weighted by Crippen LogP contribution is -2.17. The molecule has 0 unspecified atom stereocenters. The summed E-state index contributed by atoms with van der Waals surface area (Å²) in [5.74, 6) is -1.37. The number of halogens is 1. The minimum atomic E-state index is -0.792. The van der Waals surface area contributed by atoms with E-state index in [9.17, 15) is 9.59 Å². The van der Waals surface area contributed by atoms with Crippen LogP contribution in [0.15, 0.2) is 30.5 Å². The lowest BCUT2D eigenvalue weighted by atomic mass is 10.1. The number of nitrogens with zero attached hydrogens (tertiary/aromatic N) is 1. The number of rotatable bonds is 5. The third-order valence-corrected chi connectivity index (χ3v) is 3.30. The number of alkyl halides is 1. The zero-order chi connectivity index (χ0) is 13.8. The zero-order valence-corrected chi connectivity index (χ0v) is 12.7. The second-order valence-electron chi connectivity index (χ2n) is 3.99. The number of ketones is 1. The Hall–Kier alpha value is -1.37. The molecule has 0 aliphatic heterocycles. The average molecular weight is 371 g/mol. The van der Waals surface area contributed by atoms with Crippen molar-refractivity contribution >= 4 is 45.2 Å². The van der Waals surface area contributed by atoms with Crippen molar-refractivity contribution in [2.45, 2.75) is 13.5 Å². The van der Waals surface area contributed by atoms with Crippen LogP contribution in [0.5, 0.6) is 0 Å². The molecule has 1 heterocycles. The van der Waals surface area contributed by atoms with Gasteiger partial charge in [0, 0.05) is 28.1 Å². The largest absolute Gasteiger partial charge is 0.460 e. The third-order valence-electron chi connectivity index (χ3n) is 2.82. The van der Waals surface area contributed by atoms with Crippen molar-refractivity contribution < 1.29 is 14.3 Å². The number of aryl methyl sites for hydroxylation is 1. The first-order chi connectivity index (χ1) is 9.19. The molecule has 0 aliphatic carbocycles. The molecule has 0 amide bonds. The molecule has 0 aliphatic rings. The van der Waals surface area contributed by atoms with E-state index in [1.165, 1.54) is 0 Å². The molecule has 100 valence electrons. The van der Waals surface area contributed by atoms with Gasteiger partial charge >= 0.3 is 5.97 Å². The highest BCUT2D eigenvalue weighted by Gasteiger charge is 2.22. The summed E-state index contributed by atoms with van der Waals surface area (Å²) >= 11 is 2.28. The molecule has 0 radical (unpaired) electrons. The molecule has 0 atom stereocenters. The Morgan fingerprint density at radius 1 is 1.32 bits per heavy atom. The monoisotopic (exact) mass is 371 g/mol. The van der Waals surface area contributed by atoms with Crippen LogP contribution in [0.1, 0.15) is 17.3 Å². The van der Waals surface area contributed by atoms with Crippen LogP contribution in [0, 0.1) is 0 Å². The standard InChI is InChI=1S/C14H14INO3/c1-2-19-14(18)13(17)11-9-16(8-7-15)12-6-4-3-5-10(11)12/h3-6,9H,2,7-8H2,1H3. The first kappa shape index (κ1) is 14.0. The number of carbonyl (C=O) groups is 2. The molecule has 1 aromatic heterocycles. The number of aromatic nitrogens is 1. The van der Waals surface area contributed by atoms with Crippen molar-refractivity contribution in [3.63, 3.8) is 0 Å². The lowest BCUT2D eigenvalue weighted by Gasteiger charge is -2.00. The summed E-state index contributed by atoms with van der Waals surface area (Å²) in [6.45, 7) is 2.69. The van der Waals surface area contributed by atoms with Gasteiger partial charge in [0.15, 0.2) is 0 Å². The predicted molar refractivity (Wildman–Crippen MR) is 81.8 cm³/mol. The number of esters is 1. The van der Waals surface area contributed by atoms with E-state index < -0.39 is 11.8 Å². The Morgan fingerprint density at radius 2 is 2.05 bits per heavy atom. The SMILES string of the molecule is CCOC(=O)C(=O)c1cn(CCI)c2ccccc12. The van der Waals surface area contributed by atoms with Crippen LogP contribution in [0.4, 0.5) is 0 Å². The van der Waals surface area contributed by atoms with E-state index in [-0.39, 0.29) is 6.61 Å². The van der Waals surface area contributed by atoms with E-state index in [0.29, 0.717) is 5.56 Å². The highest BCUT2D eigenvalue weighted by Crippen LogP contribution is 2.22. The van der Waals surface area contributed by atoms with Crippen molar-refractivity contribution in [2.24, 2.45) is 0 Å². The van der Waals surface area contributed by atoms with Crippen molar-refractivity contribution in [1.82, 2.24) is 4.57 Å². The summed E-state index contributed by atoms with van der Waals surface area (Å²) in [6, 6.07) is 7.58. The van der Waals surface area contributed by atoms with Crippen LogP contribution in [0.25, 0.3) is 10.9 Å². The summed E-state index contributed by atoms with van der Waals surface area (Å²) in [7, 11) is 0. The number of benzene rings is 1. The molecule has 4 nitrogen and oxygen atoms in total. The third kappa shape index (κ3) is 2.80. The quantitative estimate of drug-likeness (QED) is 0.267. The van der Waals surface area contributed by atoms with Gasteiger partial charge in [-0.2, -0.15) is 0 Å². The van der Waals surface area contributed by atoms with Gasteiger partial charge in [-0.1, -0.05) is 40.8 Å². The van der Waals surface area contributed by atoms with E-state index in [1.54, 1.807) is 13.1 Å². The number of ether oxygens (including phenoxy) is 1. The number of hydrogen-bond acceptors (Lipinski definition) is 3. The van der Waals surface area contributed by atoms with Crippen LogP contribution in [-0.2, 0) is 16.1 Å². The molecule has 0 saturated heterocycles. The van der Waals surface area contributed by atoms with Gasteiger partial charge in [0.25, 0.3) is 5.78 Å². The molecule has 19 heavy (non-hydrogen) atoms. The Labute approximate surface area is 124 Å². The maximum atomic E-state index is 12.1. The lowest BCUT2D eigenvalue weighted by molar-refractivity contribution is -0.137. The first-order valence-corrected chi connectivity index (χ1v) is 7.57. The normalized spacial score (nSPS) is 10.6. The van der Waals surface area contributed by atoms with Gasteiger partial charge in [0.1, 0.15) is 0 Å². The first-order valence-electron chi connectivity index (χ1n) is 6.04. The Kier molecular flexibility index (Phi) is 4.57. The topological polar surface area (TPSA) is 48.3 Å². The molecule has 2 aromatic rings. The molecule has 1 aromatic carbocycles. The summed E-state index contributed by atoms with van der Waals surface area (Å²) in [5, 5.41) is 0.797. The summed E-state index contributed by atoms with van der Waals surface area (Å²) in [6.07, 6.45) is 1.74. The average Bonchev–Trinajstić information content (AvgIpc) is 2.78. The van der Waals surface area contributed by atoms with Crippen LogP contribution in [-0.4, -0.2) is 27.4 Å².